The van der Waals surface area contributed by atoms with Crippen LogP contribution >= 0.6 is 0 Å². The third-order valence-electron chi connectivity index (χ3n) is 2.89. The van der Waals surface area contributed by atoms with E-state index >= 15 is 0 Å². The van der Waals surface area contributed by atoms with Crippen LogP contribution in [0.1, 0.15) is 51.0 Å². The zero-order valence-electron chi connectivity index (χ0n) is 11.3. The van der Waals surface area contributed by atoms with Crippen molar-refractivity contribution in [1.82, 2.24) is 0 Å². The molecular formula is C15H26NO+. The molecule has 1 aromatic heterocycles. The first-order valence-electron chi connectivity index (χ1n) is 6.86. The molecule has 0 saturated carbocycles. The number of nitrogens with zero attached hydrogens (tertiary/aromatic N) is 1. The van der Waals surface area contributed by atoms with Gasteiger partial charge >= 0.3 is 0 Å². The zero-order chi connectivity index (χ0) is 12.3. The second-order valence-electron chi connectivity index (χ2n) is 4.70. The monoisotopic (exact) mass is 236 g/mol. The molecule has 0 radical (unpaired) electrons. The SMILES string of the molecule is CCCCCCCCOC[n+]1cccc(C)c1. The summed E-state index contributed by atoms with van der Waals surface area (Å²) in [5, 5.41) is 0. The zero-order valence-corrected chi connectivity index (χ0v) is 11.3. The van der Waals surface area contributed by atoms with Crippen LogP contribution in [0.4, 0.5) is 0 Å². The van der Waals surface area contributed by atoms with Gasteiger partial charge in [-0.1, -0.05) is 39.0 Å². The molecule has 0 fully saturated rings. The van der Waals surface area contributed by atoms with Crippen molar-refractivity contribution in [1.29, 1.82) is 0 Å². The number of hydrogen-bond acceptors (Lipinski definition) is 1. The first kappa shape index (κ1) is 14.2. The van der Waals surface area contributed by atoms with Gasteiger partial charge in [0.2, 0.25) is 0 Å². The van der Waals surface area contributed by atoms with Crippen LogP contribution in [0.3, 0.4) is 0 Å². The maximum atomic E-state index is 5.64. The number of unbranched alkanes of at least 4 members (excludes halogenated alkanes) is 5. The lowest BCUT2D eigenvalue weighted by Crippen LogP contribution is -2.34. The van der Waals surface area contributed by atoms with Gasteiger partial charge in [0.15, 0.2) is 12.4 Å². The van der Waals surface area contributed by atoms with Crippen molar-refractivity contribution in [3.8, 4) is 0 Å². The van der Waals surface area contributed by atoms with Crippen molar-refractivity contribution >= 4 is 0 Å². The molecule has 0 N–H and O–H groups in total. The van der Waals surface area contributed by atoms with Gasteiger partial charge in [0, 0.05) is 11.6 Å². The summed E-state index contributed by atoms with van der Waals surface area (Å²) in [6.07, 6.45) is 12.1. The van der Waals surface area contributed by atoms with Crippen LogP contribution in [-0.4, -0.2) is 6.61 Å². The molecule has 0 aromatic carbocycles. The van der Waals surface area contributed by atoms with Crippen LogP contribution in [0.15, 0.2) is 24.5 Å². The quantitative estimate of drug-likeness (QED) is 0.471. The van der Waals surface area contributed by atoms with Crippen LogP contribution in [-0.2, 0) is 11.5 Å². The van der Waals surface area contributed by atoms with Gasteiger partial charge < -0.3 is 4.74 Å². The fraction of sp³-hybridized carbons (Fsp3) is 0.667. The van der Waals surface area contributed by atoms with Gasteiger partial charge in [0.1, 0.15) is 0 Å². The van der Waals surface area contributed by atoms with E-state index in [1.54, 1.807) is 0 Å². The number of hydrogen-bond donors (Lipinski definition) is 0. The average Bonchev–Trinajstić information content (AvgIpc) is 2.33. The highest BCUT2D eigenvalue weighted by Gasteiger charge is 1.99. The van der Waals surface area contributed by atoms with Crippen LogP contribution in [0.25, 0.3) is 0 Å². The molecule has 0 unspecified atom stereocenters. The number of pyridine rings is 1. The molecular weight excluding hydrogens is 210 g/mol. The molecule has 1 rings (SSSR count). The third kappa shape index (κ3) is 7.11. The molecule has 1 heterocycles. The van der Waals surface area contributed by atoms with Crippen molar-refractivity contribution in [3.05, 3.63) is 30.1 Å². The Labute approximate surface area is 106 Å². The first-order chi connectivity index (χ1) is 8.33. The predicted molar refractivity (Wildman–Crippen MR) is 70.7 cm³/mol. The van der Waals surface area contributed by atoms with Crippen LogP contribution < -0.4 is 4.57 Å². The molecule has 0 amide bonds. The number of ether oxygens (including phenoxy) is 1. The fourth-order valence-electron chi connectivity index (χ4n) is 1.89. The van der Waals surface area contributed by atoms with Gasteiger partial charge in [-0.15, -0.1) is 0 Å². The second kappa shape index (κ2) is 9.17. The Morgan fingerprint density at radius 3 is 2.65 bits per heavy atom. The maximum absolute atomic E-state index is 5.64. The van der Waals surface area contributed by atoms with Crippen LogP contribution in [0.2, 0.25) is 0 Å². The summed E-state index contributed by atoms with van der Waals surface area (Å²) >= 11 is 0. The molecule has 96 valence electrons. The standard InChI is InChI=1S/C15H26NO/c1-3-4-5-6-7-8-12-17-14-16-11-9-10-15(2)13-16/h9-11,13H,3-8,12,14H2,1-2H3/q+1. The summed E-state index contributed by atoms with van der Waals surface area (Å²) < 4.78 is 7.73. The number of rotatable bonds is 9. The van der Waals surface area contributed by atoms with Gasteiger partial charge in [0.25, 0.3) is 6.73 Å². The third-order valence-corrected chi connectivity index (χ3v) is 2.89. The Morgan fingerprint density at radius 1 is 1.12 bits per heavy atom. The van der Waals surface area contributed by atoms with Crippen LogP contribution in [0, 0.1) is 6.92 Å². The van der Waals surface area contributed by atoms with Gasteiger partial charge in [-0.3, -0.25) is 0 Å². The minimum atomic E-state index is 0.677. The predicted octanol–water partition coefficient (Wildman–Crippen LogP) is 3.62. The molecule has 2 heteroatoms. The molecule has 17 heavy (non-hydrogen) atoms. The van der Waals surface area contributed by atoms with E-state index in [1.165, 1.54) is 44.1 Å². The van der Waals surface area contributed by atoms with E-state index in [2.05, 4.69) is 36.7 Å². The molecule has 2 nitrogen and oxygen atoms in total. The maximum Gasteiger partial charge on any atom is 0.252 e. The Balaban J connectivity index is 1.97. The van der Waals surface area contributed by atoms with Crippen molar-refractivity contribution in [2.24, 2.45) is 0 Å². The normalized spacial score (nSPS) is 10.7. The lowest BCUT2D eigenvalue weighted by atomic mass is 10.1. The van der Waals surface area contributed by atoms with E-state index in [9.17, 15) is 0 Å². The summed E-state index contributed by atoms with van der Waals surface area (Å²) in [5.74, 6) is 0. The van der Waals surface area contributed by atoms with Crippen molar-refractivity contribution in [2.45, 2.75) is 59.1 Å². The largest absolute Gasteiger partial charge is 0.323 e. The van der Waals surface area contributed by atoms with Crippen molar-refractivity contribution < 1.29 is 9.30 Å². The van der Waals surface area contributed by atoms with Crippen molar-refractivity contribution in [3.63, 3.8) is 0 Å². The van der Waals surface area contributed by atoms with Gasteiger partial charge in [-0.05, 0) is 19.4 Å². The number of aryl methyl sites for hydroxylation is 1. The minimum Gasteiger partial charge on any atom is -0.323 e. The Kier molecular flexibility index (Phi) is 7.65. The second-order valence-corrected chi connectivity index (χ2v) is 4.70. The summed E-state index contributed by atoms with van der Waals surface area (Å²) in [7, 11) is 0. The highest BCUT2D eigenvalue weighted by atomic mass is 16.5. The average molecular weight is 236 g/mol. The molecule has 0 saturated heterocycles. The topological polar surface area (TPSA) is 13.1 Å². The lowest BCUT2D eigenvalue weighted by Gasteiger charge is -2.02. The van der Waals surface area contributed by atoms with Gasteiger partial charge in [0.05, 0.1) is 6.61 Å². The first-order valence-corrected chi connectivity index (χ1v) is 6.86. The van der Waals surface area contributed by atoms with Gasteiger partial charge in [-0.2, -0.15) is 4.57 Å². The summed E-state index contributed by atoms with van der Waals surface area (Å²) in [6.45, 7) is 5.91. The molecule has 0 aliphatic rings. The van der Waals surface area contributed by atoms with E-state index in [0.29, 0.717) is 6.73 Å². The lowest BCUT2D eigenvalue weighted by molar-refractivity contribution is -0.733. The van der Waals surface area contributed by atoms with E-state index in [4.69, 9.17) is 4.74 Å². The van der Waals surface area contributed by atoms with E-state index in [0.717, 1.165) is 6.61 Å². The highest BCUT2D eigenvalue weighted by molar-refractivity contribution is 5.01. The van der Waals surface area contributed by atoms with E-state index in [1.807, 2.05) is 6.20 Å². The highest BCUT2D eigenvalue weighted by Crippen LogP contribution is 2.04. The number of aromatic nitrogens is 1. The molecule has 0 atom stereocenters. The molecule has 0 bridgehead atoms. The Hall–Kier alpha value is -0.890. The van der Waals surface area contributed by atoms with Crippen molar-refractivity contribution in [2.75, 3.05) is 6.61 Å². The molecule has 0 spiro atoms. The molecule has 0 aliphatic carbocycles. The smallest absolute Gasteiger partial charge is 0.252 e. The summed E-state index contributed by atoms with van der Waals surface area (Å²) in [4.78, 5) is 0. The molecule has 1 aromatic rings. The summed E-state index contributed by atoms with van der Waals surface area (Å²) in [5.41, 5.74) is 1.27. The Morgan fingerprint density at radius 2 is 1.88 bits per heavy atom. The fourth-order valence-corrected chi connectivity index (χ4v) is 1.89. The van der Waals surface area contributed by atoms with E-state index < -0.39 is 0 Å². The minimum absolute atomic E-state index is 0.677. The van der Waals surface area contributed by atoms with Crippen LogP contribution in [0.5, 0.6) is 0 Å². The summed E-state index contributed by atoms with van der Waals surface area (Å²) in [6, 6.07) is 4.16. The van der Waals surface area contributed by atoms with E-state index in [-0.39, 0.29) is 0 Å². The Bertz CT molecular complexity index is 299. The van der Waals surface area contributed by atoms with Gasteiger partial charge in [-0.25, -0.2) is 0 Å². The molecule has 0 aliphatic heterocycles.